The van der Waals surface area contributed by atoms with Crippen LogP contribution in [0.15, 0.2) is 12.2 Å². The van der Waals surface area contributed by atoms with Crippen LogP contribution in [-0.2, 0) is 9.59 Å². The zero-order valence-electron chi connectivity index (χ0n) is 12.7. The number of rotatable bonds is 5. The number of hydrogen-bond donors (Lipinski definition) is 2. The van der Waals surface area contributed by atoms with Crippen LogP contribution in [0.3, 0.4) is 0 Å². The Morgan fingerprint density at radius 1 is 1.19 bits per heavy atom. The maximum atomic E-state index is 12.6. The van der Waals surface area contributed by atoms with Gasteiger partial charge in [-0.05, 0) is 42.9 Å². The second-order valence-electron chi connectivity index (χ2n) is 7.12. The first-order valence-electron chi connectivity index (χ1n) is 8.25. The summed E-state index contributed by atoms with van der Waals surface area (Å²) in [6, 6.07) is 0. The van der Waals surface area contributed by atoms with Gasteiger partial charge < -0.3 is 10.4 Å². The molecule has 4 atom stereocenters. The zero-order valence-corrected chi connectivity index (χ0v) is 12.7. The van der Waals surface area contributed by atoms with Crippen molar-refractivity contribution in [2.24, 2.45) is 29.1 Å². The third-order valence-corrected chi connectivity index (χ3v) is 6.10. The van der Waals surface area contributed by atoms with Crippen molar-refractivity contribution in [3.05, 3.63) is 12.2 Å². The van der Waals surface area contributed by atoms with Crippen LogP contribution in [0.25, 0.3) is 0 Å². The average molecular weight is 291 g/mol. The van der Waals surface area contributed by atoms with Gasteiger partial charge >= 0.3 is 5.97 Å². The molecule has 0 radical (unpaired) electrons. The van der Waals surface area contributed by atoms with Crippen molar-refractivity contribution in [3.63, 3.8) is 0 Å². The van der Waals surface area contributed by atoms with Gasteiger partial charge in [-0.1, -0.05) is 31.9 Å². The molecular formula is C17H25NO3. The van der Waals surface area contributed by atoms with Crippen molar-refractivity contribution in [1.82, 2.24) is 5.32 Å². The quantitative estimate of drug-likeness (QED) is 0.765. The van der Waals surface area contributed by atoms with Crippen LogP contribution in [0.1, 0.15) is 45.4 Å². The summed E-state index contributed by atoms with van der Waals surface area (Å²) in [6.45, 7) is 2.91. The molecule has 3 aliphatic carbocycles. The minimum absolute atomic E-state index is 0.0426. The number of fused-ring (bicyclic) bond motifs is 2. The minimum Gasteiger partial charge on any atom is -0.481 e. The van der Waals surface area contributed by atoms with Gasteiger partial charge in [0.05, 0.1) is 11.8 Å². The van der Waals surface area contributed by atoms with E-state index in [-0.39, 0.29) is 29.1 Å². The molecule has 0 aromatic carbocycles. The lowest BCUT2D eigenvalue weighted by Crippen LogP contribution is -2.43. The summed E-state index contributed by atoms with van der Waals surface area (Å²) < 4.78 is 0. The Labute approximate surface area is 126 Å². The molecule has 4 nitrogen and oxygen atoms in total. The summed E-state index contributed by atoms with van der Waals surface area (Å²) in [5.41, 5.74) is 0.252. The van der Waals surface area contributed by atoms with E-state index in [4.69, 9.17) is 0 Å². The molecule has 2 fully saturated rings. The van der Waals surface area contributed by atoms with Crippen molar-refractivity contribution in [2.45, 2.75) is 45.4 Å². The zero-order chi connectivity index (χ0) is 15.0. The molecular weight excluding hydrogens is 266 g/mol. The van der Waals surface area contributed by atoms with Crippen LogP contribution in [0.5, 0.6) is 0 Å². The molecule has 0 aliphatic heterocycles. The van der Waals surface area contributed by atoms with Crippen LogP contribution < -0.4 is 5.32 Å². The van der Waals surface area contributed by atoms with E-state index in [0.717, 1.165) is 12.8 Å². The molecule has 4 heteroatoms. The second-order valence-corrected chi connectivity index (χ2v) is 7.12. The number of aliphatic carboxylic acids is 1. The summed E-state index contributed by atoms with van der Waals surface area (Å²) in [5, 5.41) is 12.5. The van der Waals surface area contributed by atoms with E-state index >= 15 is 0 Å². The molecule has 3 aliphatic rings. The molecule has 2 saturated carbocycles. The third kappa shape index (κ3) is 2.49. The predicted molar refractivity (Wildman–Crippen MR) is 79.6 cm³/mol. The van der Waals surface area contributed by atoms with Crippen molar-refractivity contribution in [2.75, 3.05) is 6.54 Å². The van der Waals surface area contributed by atoms with E-state index in [1.807, 2.05) is 12.2 Å². The lowest BCUT2D eigenvalue weighted by Gasteiger charge is -2.30. The van der Waals surface area contributed by atoms with Gasteiger partial charge in [0.1, 0.15) is 0 Å². The van der Waals surface area contributed by atoms with Gasteiger partial charge in [0, 0.05) is 6.54 Å². The maximum Gasteiger partial charge on any atom is 0.307 e. The topological polar surface area (TPSA) is 66.4 Å². The Balaban J connectivity index is 1.65. The molecule has 0 aromatic heterocycles. The molecule has 21 heavy (non-hydrogen) atoms. The Bertz CT molecular complexity index is 465. The van der Waals surface area contributed by atoms with Crippen LogP contribution in [0.4, 0.5) is 0 Å². The first-order valence-corrected chi connectivity index (χ1v) is 8.25. The van der Waals surface area contributed by atoms with Crippen LogP contribution in [0, 0.1) is 29.1 Å². The van der Waals surface area contributed by atoms with Crippen LogP contribution in [0.2, 0.25) is 0 Å². The molecule has 0 spiro atoms. The van der Waals surface area contributed by atoms with E-state index in [9.17, 15) is 14.7 Å². The number of allylic oxidation sites excluding steroid dienone is 2. The molecule has 116 valence electrons. The van der Waals surface area contributed by atoms with E-state index in [0.29, 0.717) is 6.54 Å². The minimum atomic E-state index is -0.821. The first-order chi connectivity index (χ1) is 10.1. The van der Waals surface area contributed by atoms with Gasteiger partial charge in [-0.25, -0.2) is 0 Å². The normalized spacial score (nSPS) is 36.0. The summed E-state index contributed by atoms with van der Waals surface area (Å²) in [4.78, 5) is 24.0. The van der Waals surface area contributed by atoms with Gasteiger partial charge in [0.15, 0.2) is 0 Å². The van der Waals surface area contributed by atoms with E-state index < -0.39 is 11.9 Å². The fraction of sp³-hybridized carbons (Fsp3) is 0.765. The fourth-order valence-electron chi connectivity index (χ4n) is 4.69. The van der Waals surface area contributed by atoms with Gasteiger partial charge in [-0.3, -0.25) is 9.59 Å². The summed E-state index contributed by atoms with van der Waals surface area (Å²) in [5.74, 6) is -1.59. The summed E-state index contributed by atoms with van der Waals surface area (Å²) in [6.07, 6.45) is 10.8. The van der Waals surface area contributed by atoms with Gasteiger partial charge in [-0.15, -0.1) is 0 Å². The highest BCUT2D eigenvalue weighted by Gasteiger charge is 2.51. The van der Waals surface area contributed by atoms with Crippen LogP contribution >= 0.6 is 0 Å². The Morgan fingerprint density at radius 2 is 1.81 bits per heavy atom. The number of amides is 1. The average Bonchev–Trinajstić information content (AvgIpc) is 3.19. The smallest absolute Gasteiger partial charge is 0.307 e. The lowest BCUT2D eigenvalue weighted by molar-refractivity contribution is -0.147. The lowest BCUT2D eigenvalue weighted by atomic mass is 9.81. The van der Waals surface area contributed by atoms with E-state index in [1.54, 1.807) is 0 Å². The molecule has 2 N–H and O–H groups in total. The Hall–Kier alpha value is -1.32. The van der Waals surface area contributed by atoms with Crippen molar-refractivity contribution < 1.29 is 14.7 Å². The molecule has 2 bridgehead atoms. The highest BCUT2D eigenvalue weighted by Crippen LogP contribution is 2.48. The molecule has 3 rings (SSSR count). The molecule has 2 unspecified atom stereocenters. The van der Waals surface area contributed by atoms with Crippen molar-refractivity contribution >= 4 is 11.9 Å². The van der Waals surface area contributed by atoms with Crippen molar-refractivity contribution in [3.8, 4) is 0 Å². The highest BCUT2D eigenvalue weighted by atomic mass is 16.4. The molecule has 0 saturated heterocycles. The highest BCUT2D eigenvalue weighted by molar-refractivity contribution is 5.86. The Morgan fingerprint density at radius 3 is 2.38 bits per heavy atom. The maximum absolute atomic E-state index is 12.6. The number of hydrogen-bond acceptors (Lipinski definition) is 2. The largest absolute Gasteiger partial charge is 0.481 e. The molecule has 0 heterocycles. The number of carboxylic acid groups (broad SMARTS) is 1. The van der Waals surface area contributed by atoms with Gasteiger partial charge in [0.2, 0.25) is 5.91 Å². The van der Waals surface area contributed by atoms with Crippen LogP contribution in [-0.4, -0.2) is 23.5 Å². The standard InChI is InChI=1S/C17H25NO3/c1-2-17(7-3-4-8-17)10-18-15(19)13-11-5-6-12(9-11)14(13)16(20)21/h5-6,11-14H,2-4,7-10H2,1H3,(H,18,19)(H,20,21)/t11?,12?,13-,14+/m0/s1. The second kappa shape index (κ2) is 5.47. The van der Waals surface area contributed by atoms with Gasteiger partial charge in [-0.2, -0.15) is 0 Å². The monoisotopic (exact) mass is 291 g/mol. The van der Waals surface area contributed by atoms with Gasteiger partial charge in [0.25, 0.3) is 0 Å². The Kier molecular flexibility index (Phi) is 3.80. The summed E-state index contributed by atoms with van der Waals surface area (Å²) in [7, 11) is 0. The third-order valence-electron chi connectivity index (χ3n) is 6.10. The predicted octanol–water partition coefficient (Wildman–Crippen LogP) is 2.60. The first kappa shape index (κ1) is 14.6. The summed E-state index contributed by atoms with van der Waals surface area (Å²) >= 11 is 0. The number of carboxylic acids is 1. The van der Waals surface area contributed by atoms with Crippen molar-refractivity contribution in [1.29, 1.82) is 0 Å². The fourth-order valence-corrected chi connectivity index (χ4v) is 4.69. The molecule has 1 amide bonds. The SMILES string of the molecule is CCC1(CNC(=O)[C@H]2C3C=CC(C3)[C@H]2C(=O)O)CCCC1. The molecule has 0 aromatic rings. The number of carbonyl (C=O) groups is 2. The van der Waals surface area contributed by atoms with E-state index in [1.165, 1.54) is 25.7 Å². The number of carbonyl (C=O) groups excluding carboxylic acids is 1. The number of nitrogens with one attached hydrogen (secondary N) is 1. The van der Waals surface area contributed by atoms with E-state index in [2.05, 4.69) is 12.2 Å².